The third kappa shape index (κ3) is 2.69. The molecule has 2 aromatic rings. The summed E-state index contributed by atoms with van der Waals surface area (Å²) in [6, 6.07) is 6.69. The van der Waals surface area contributed by atoms with E-state index in [1.54, 1.807) is 19.1 Å². The number of halogens is 2. The molecule has 0 saturated heterocycles. The summed E-state index contributed by atoms with van der Waals surface area (Å²) in [4.78, 5) is 4.20. The molecule has 1 aromatic heterocycles. The minimum atomic E-state index is -0.690. The number of rotatable bonds is 3. The number of hydrogen-bond donors (Lipinski definition) is 1. The second-order valence-corrected chi connectivity index (χ2v) is 4.26. The first-order valence-corrected chi connectivity index (χ1v) is 5.75. The van der Waals surface area contributed by atoms with Gasteiger partial charge in [0.2, 0.25) is 0 Å². The summed E-state index contributed by atoms with van der Waals surface area (Å²) >= 11 is 0. The van der Waals surface area contributed by atoms with Crippen LogP contribution in [0.1, 0.15) is 18.2 Å². The zero-order valence-electron chi connectivity index (χ0n) is 10.5. The predicted octanol–water partition coefficient (Wildman–Crippen LogP) is 3.55. The molecule has 4 heteroatoms. The van der Waals surface area contributed by atoms with E-state index in [0.717, 1.165) is 11.6 Å². The van der Waals surface area contributed by atoms with Crippen molar-refractivity contribution in [1.82, 2.24) is 4.98 Å². The molecule has 1 N–H and O–H groups in total. The Labute approximate surface area is 110 Å². The van der Waals surface area contributed by atoms with Crippen LogP contribution in [0.15, 0.2) is 36.9 Å². The lowest BCUT2D eigenvalue weighted by atomic mass is 10.0. The Balaban J connectivity index is 2.68. The van der Waals surface area contributed by atoms with Gasteiger partial charge in [0.1, 0.15) is 11.6 Å². The van der Waals surface area contributed by atoms with Crippen molar-refractivity contribution in [2.45, 2.75) is 13.5 Å². The second-order valence-electron chi connectivity index (χ2n) is 4.26. The molecule has 0 aliphatic carbocycles. The lowest BCUT2D eigenvalue weighted by Gasteiger charge is -2.11. The van der Waals surface area contributed by atoms with E-state index in [9.17, 15) is 8.78 Å². The minimum Gasteiger partial charge on any atom is -0.390 e. The summed E-state index contributed by atoms with van der Waals surface area (Å²) in [5.41, 5.74) is 2.35. The van der Waals surface area contributed by atoms with Gasteiger partial charge < -0.3 is 5.11 Å². The van der Waals surface area contributed by atoms with Gasteiger partial charge >= 0.3 is 0 Å². The van der Waals surface area contributed by atoms with Crippen LogP contribution in [0.3, 0.4) is 0 Å². The van der Waals surface area contributed by atoms with Gasteiger partial charge in [0.25, 0.3) is 0 Å². The Kier molecular flexibility index (Phi) is 3.71. The van der Waals surface area contributed by atoms with Crippen molar-refractivity contribution < 1.29 is 13.9 Å². The number of aromatic nitrogens is 1. The first-order chi connectivity index (χ1) is 9.02. The molecule has 0 spiro atoms. The van der Waals surface area contributed by atoms with E-state index < -0.39 is 11.6 Å². The Bertz CT molecular complexity index is 638. The van der Waals surface area contributed by atoms with Gasteiger partial charge in [0, 0.05) is 17.2 Å². The van der Waals surface area contributed by atoms with Gasteiger partial charge in [-0.3, -0.25) is 0 Å². The van der Waals surface area contributed by atoms with Crippen LogP contribution >= 0.6 is 0 Å². The lowest BCUT2D eigenvalue weighted by Crippen LogP contribution is -1.98. The molecule has 0 fully saturated rings. The topological polar surface area (TPSA) is 33.1 Å². The maximum Gasteiger partial charge on any atom is 0.135 e. The average molecular weight is 261 g/mol. The normalized spacial score (nSPS) is 10.5. The maximum absolute atomic E-state index is 13.8. The van der Waals surface area contributed by atoms with Crippen molar-refractivity contribution >= 4 is 5.57 Å². The van der Waals surface area contributed by atoms with E-state index in [1.165, 1.54) is 12.1 Å². The van der Waals surface area contributed by atoms with Gasteiger partial charge in [-0.1, -0.05) is 12.6 Å². The highest BCUT2D eigenvalue weighted by atomic mass is 19.1. The number of hydrogen-bond acceptors (Lipinski definition) is 2. The van der Waals surface area contributed by atoms with Crippen LogP contribution in [0.5, 0.6) is 0 Å². The standard InChI is InChI=1S/C15H13F2NO/c1-9(2)12-6-4-11(8-19)18-15(12)13-5-3-10(16)7-14(13)17/h3-7,19H,1,8H2,2H3. The highest BCUT2D eigenvalue weighted by Crippen LogP contribution is 2.29. The fourth-order valence-corrected chi connectivity index (χ4v) is 1.82. The van der Waals surface area contributed by atoms with Crippen LogP contribution in [-0.4, -0.2) is 10.1 Å². The van der Waals surface area contributed by atoms with E-state index in [4.69, 9.17) is 5.11 Å². The smallest absolute Gasteiger partial charge is 0.135 e. The molecule has 0 aliphatic heterocycles. The van der Waals surface area contributed by atoms with Gasteiger partial charge in [-0.25, -0.2) is 13.8 Å². The van der Waals surface area contributed by atoms with E-state index in [-0.39, 0.29) is 12.2 Å². The molecule has 98 valence electrons. The molecular weight excluding hydrogens is 248 g/mol. The molecule has 0 saturated carbocycles. The number of benzene rings is 1. The lowest BCUT2D eigenvalue weighted by molar-refractivity contribution is 0.277. The number of aliphatic hydroxyl groups is 1. The van der Waals surface area contributed by atoms with Crippen molar-refractivity contribution in [3.8, 4) is 11.3 Å². The average Bonchev–Trinajstić information content (AvgIpc) is 2.38. The van der Waals surface area contributed by atoms with Crippen LogP contribution in [0.25, 0.3) is 16.8 Å². The molecule has 0 aliphatic rings. The van der Waals surface area contributed by atoms with E-state index in [1.807, 2.05) is 0 Å². The molecule has 1 aromatic carbocycles. The summed E-state index contributed by atoms with van der Waals surface area (Å²) in [5.74, 6) is -1.33. The van der Waals surface area contributed by atoms with Crippen molar-refractivity contribution in [3.05, 3.63) is 59.8 Å². The van der Waals surface area contributed by atoms with E-state index in [2.05, 4.69) is 11.6 Å². The van der Waals surface area contributed by atoms with E-state index in [0.29, 0.717) is 17.0 Å². The number of nitrogens with zero attached hydrogens (tertiary/aromatic N) is 1. The van der Waals surface area contributed by atoms with Crippen molar-refractivity contribution in [1.29, 1.82) is 0 Å². The second kappa shape index (κ2) is 5.28. The summed E-state index contributed by atoms with van der Waals surface area (Å²) in [6.45, 7) is 5.35. The van der Waals surface area contributed by atoms with Crippen LogP contribution in [0, 0.1) is 11.6 Å². The molecule has 0 atom stereocenters. The number of allylic oxidation sites excluding steroid dienone is 1. The van der Waals surface area contributed by atoms with Gasteiger partial charge in [0.15, 0.2) is 0 Å². The zero-order chi connectivity index (χ0) is 14.0. The van der Waals surface area contributed by atoms with Gasteiger partial charge in [-0.2, -0.15) is 0 Å². The SMILES string of the molecule is C=C(C)c1ccc(CO)nc1-c1ccc(F)cc1F. The predicted molar refractivity (Wildman–Crippen MR) is 70.2 cm³/mol. The van der Waals surface area contributed by atoms with Crippen molar-refractivity contribution in [2.75, 3.05) is 0 Å². The van der Waals surface area contributed by atoms with Crippen LogP contribution < -0.4 is 0 Å². The number of pyridine rings is 1. The monoisotopic (exact) mass is 261 g/mol. The van der Waals surface area contributed by atoms with Gasteiger partial charge in [-0.15, -0.1) is 0 Å². The van der Waals surface area contributed by atoms with Crippen LogP contribution in [0.4, 0.5) is 8.78 Å². The molecule has 2 nitrogen and oxygen atoms in total. The summed E-state index contributed by atoms with van der Waals surface area (Å²) in [5, 5.41) is 9.11. The molecular formula is C15H13F2NO. The van der Waals surface area contributed by atoms with Gasteiger partial charge in [0.05, 0.1) is 18.0 Å². The molecule has 19 heavy (non-hydrogen) atoms. The highest BCUT2D eigenvalue weighted by Gasteiger charge is 2.13. The third-order valence-electron chi connectivity index (χ3n) is 2.76. The molecule has 0 amide bonds. The summed E-state index contributed by atoms with van der Waals surface area (Å²) in [6.07, 6.45) is 0. The fraction of sp³-hybridized carbons (Fsp3) is 0.133. The Morgan fingerprint density at radius 2 is 2.00 bits per heavy atom. The fourth-order valence-electron chi connectivity index (χ4n) is 1.82. The Morgan fingerprint density at radius 1 is 1.26 bits per heavy atom. The molecule has 0 bridgehead atoms. The summed E-state index contributed by atoms with van der Waals surface area (Å²) < 4.78 is 26.8. The highest BCUT2D eigenvalue weighted by molar-refractivity contribution is 5.77. The van der Waals surface area contributed by atoms with Gasteiger partial charge in [-0.05, 0) is 30.7 Å². The maximum atomic E-state index is 13.8. The molecule has 0 unspecified atom stereocenters. The Hall–Kier alpha value is -2.07. The quantitative estimate of drug-likeness (QED) is 0.916. The Morgan fingerprint density at radius 3 is 2.58 bits per heavy atom. The first-order valence-electron chi connectivity index (χ1n) is 5.75. The molecule has 1 heterocycles. The van der Waals surface area contributed by atoms with Crippen molar-refractivity contribution in [2.24, 2.45) is 0 Å². The van der Waals surface area contributed by atoms with Crippen molar-refractivity contribution in [3.63, 3.8) is 0 Å². The zero-order valence-corrected chi connectivity index (χ0v) is 10.5. The van der Waals surface area contributed by atoms with E-state index >= 15 is 0 Å². The van der Waals surface area contributed by atoms with Crippen LogP contribution in [-0.2, 0) is 6.61 Å². The first kappa shape index (κ1) is 13.4. The molecule has 2 rings (SSSR count). The van der Waals surface area contributed by atoms with Crippen LogP contribution in [0.2, 0.25) is 0 Å². The minimum absolute atomic E-state index is 0.190. The number of aliphatic hydroxyl groups excluding tert-OH is 1. The third-order valence-corrected chi connectivity index (χ3v) is 2.76. The summed E-state index contributed by atoms with van der Waals surface area (Å²) in [7, 11) is 0. The molecule has 0 radical (unpaired) electrons. The largest absolute Gasteiger partial charge is 0.390 e.